The Morgan fingerprint density at radius 3 is 2.33 bits per heavy atom. The van der Waals surface area contributed by atoms with Gasteiger partial charge in [-0.3, -0.25) is 24.2 Å². The number of fused-ring (bicyclic) bond motifs is 4. The number of hydrogen-bond donors (Lipinski definition) is 1. The molecule has 0 radical (unpaired) electrons. The summed E-state index contributed by atoms with van der Waals surface area (Å²) in [6.07, 6.45) is -3.80. The van der Waals surface area contributed by atoms with E-state index in [2.05, 4.69) is 20.9 Å². The summed E-state index contributed by atoms with van der Waals surface area (Å²) >= 11 is 24.3. The largest absolute Gasteiger partial charge is 0.504 e. The van der Waals surface area contributed by atoms with Gasteiger partial charge in [0.1, 0.15) is 11.5 Å². The second-order valence-electron chi connectivity index (χ2n) is 12.8. The van der Waals surface area contributed by atoms with Crippen molar-refractivity contribution >= 4 is 85.9 Å². The van der Waals surface area contributed by atoms with Crippen LogP contribution < -0.4 is 14.6 Å². The van der Waals surface area contributed by atoms with Crippen molar-refractivity contribution < 1.29 is 46.6 Å². The molecule has 3 fully saturated rings. The first-order valence-corrected chi connectivity index (χ1v) is 17.4. The minimum atomic E-state index is -4.86. The van der Waals surface area contributed by atoms with Crippen LogP contribution in [-0.4, -0.2) is 62.6 Å². The highest BCUT2D eigenvalue weighted by atomic mass is 79.9. The molecule has 1 N–H and O–H groups in total. The molecule has 2 aliphatic heterocycles. The molecule has 272 valence electrons. The fourth-order valence-corrected chi connectivity index (χ4v) is 9.51. The number of ether oxygens (including phenoxy) is 1. The zero-order valence-electron chi connectivity index (χ0n) is 26.7. The highest BCUT2D eigenvalue weighted by Crippen LogP contribution is 2.67. The lowest BCUT2D eigenvalue weighted by Crippen LogP contribution is -2.60. The van der Waals surface area contributed by atoms with E-state index in [1.165, 1.54) is 31.4 Å². The molecule has 7 rings (SSSR count). The number of carbonyl (C=O) groups is 4. The third-order valence-corrected chi connectivity index (χ3v) is 12.4. The van der Waals surface area contributed by atoms with Gasteiger partial charge in [-0.15, -0.1) is 23.2 Å². The molecule has 4 amide bonds. The predicted molar refractivity (Wildman–Crippen MR) is 183 cm³/mol. The lowest BCUT2D eigenvalue weighted by Gasteiger charge is -2.50. The lowest BCUT2D eigenvalue weighted by molar-refractivity contribution is -0.141. The first-order chi connectivity index (χ1) is 24.4. The Kier molecular flexibility index (Phi) is 8.63. The Morgan fingerprint density at radius 1 is 1.02 bits per heavy atom. The molecular weight excluding hydrogens is 823 g/mol. The smallest absolute Gasteiger partial charge is 0.433 e. The average molecular weight is 847 g/mol. The topological polar surface area (TPSA) is 120 Å². The van der Waals surface area contributed by atoms with E-state index in [4.69, 9.17) is 39.5 Å². The molecule has 4 aliphatic rings. The van der Waals surface area contributed by atoms with Crippen molar-refractivity contribution in [3.8, 4) is 11.5 Å². The second-order valence-corrected chi connectivity index (χ2v) is 15.4. The molecular formula is C34H24BrCl3F4N4O6. The molecule has 2 saturated heterocycles. The number of anilines is 2. The maximum Gasteiger partial charge on any atom is 0.433 e. The van der Waals surface area contributed by atoms with E-state index >= 15 is 0 Å². The monoisotopic (exact) mass is 844 g/mol. The van der Waals surface area contributed by atoms with Gasteiger partial charge in [0.25, 0.3) is 23.6 Å². The number of halogens is 8. The highest BCUT2D eigenvalue weighted by Gasteiger charge is 2.77. The van der Waals surface area contributed by atoms with Gasteiger partial charge >= 0.3 is 6.18 Å². The number of pyridine rings is 1. The summed E-state index contributed by atoms with van der Waals surface area (Å²) < 4.78 is 60.4. The van der Waals surface area contributed by atoms with Crippen LogP contribution in [0.3, 0.4) is 0 Å². The number of methoxy groups -OCH3 is 1. The second kappa shape index (κ2) is 12.3. The van der Waals surface area contributed by atoms with E-state index in [9.17, 15) is 41.8 Å². The van der Waals surface area contributed by atoms with Crippen molar-refractivity contribution in [1.29, 1.82) is 0 Å². The van der Waals surface area contributed by atoms with E-state index in [0.29, 0.717) is 21.1 Å². The number of nitrogens with zero attached hydrogens (tertiary/aromatic N) is 4. The average Bonchev–Trinajstić information content (AvgIpc) is 3.43. The molecule has 18 heteroatoms. The van der Waals surface area contributed by atoms with Crippen LogP contribution in [0, 0.1) is 23.6 Å². The number of aromatic hydroxyl groups is 1. The minimum Gasteiger partial charge on any atom is -0.504 e. The molecule has 2 aliphatic carbocycles. The quantitative estimate of drug-likeness (QED) is 0.127. The summed E-state index contributed by atoms with van der Waals surface area (Å²) in [4.78, 5) is 57.0. The van der Waals surface area contributed by atoms with Crippen LogP contribution in [0.1, 0.15) is 30.0 Å². The van der Waals surface area contributed by atoms with Crippen molar-refractivity contribution in [3.63, 3.8) is 0 Å². The highest BCUT2D eigenvalue weighted by molar-refractivity contribution is 9.10. The number of amides is 4. The Morgan fingerprint density at radius 2 is 1.69 bits per heavy atom. The van der Waals surface area contributed by atoms with Crippen LogP contribution in [0.4, 0.5) is 29.1 Å². The Hall–Kier alpha value is -3.92. The van der Waals surface area contributed by atoms with Gasteiger partial charge in [-0.1, -0.05) is 39.2 Å². The number of aromatic nitrogens is 1. The molecule has 0 bridgehead atoms. The summed E-state index contributed by atoms with van der Waals surface area (Å²) in [6.45, 7) is 0. The molecule has 2 aromatic carbocycles. The number of allylic oxidation sites excluding steroid dienone is 2. The number of hydrazine groups is 1. The van der Waals surface area contributed by atoms with Crippen molar-refractivity contribution in [2.24, 2.45) is 17.8 Å². The van der Waals surface area contributed by atoms with E-state index in [0.717, 1.165) is 35.2 Å². The first kappa shape index (κ1) is 36.4. The van der Waals surface area contributed by atoms with Gasteiger partial charge in [-0.05, 0) is 67.3 Å². The zero-order valence-corrected chi connectivity index (χ0v) is 30.6. The molecule has 6 atom stereocenters. The number of phenols is 1. The number of benzene rings is 2. The van der Waals surface area contributed by atoms with E-state index in [1.54, 1.807) is 6.08 Å². The van der Waals surface area contributed by atoms with E-state index in [-0.39, 0.29) is 28.4 Å². The maximum absolute atomic E-state index is 14.6. The number of alkyl halides is 5. The number of carbonyl (C=O) groups excluding carboxylic acids is 4. The number of rotatable bonds is 5. The number of hydrogen-bond acceptors (Lipinski definition) is 8. The van der Waals surface area contributed by atoms with Crippen LogP contribution in [0.2, 0.25) is 5.02 Å². The van der Waals surface area contributed by atoms with Crippen molar-refractivity contribution in [2.45, 2.75) is 34.7 Å². The number of imide groups is 2. The molecule has 3 heterocycles. The maximum atomic E-state index is 14.6. The van der Waals surface area contributed by atoms with Crippen LogP contribution >= 0.6 is 50.7 Å². The summed E-state index contributed by atoms with van der Waals surface area (Å²) in [5, 5.41) is 12.7. The van der Waals surface area contributed by atoms with Crippen LogP contribution in [0.25, 0.3) is 0 Å². The van der Waals surface area contributed by atoms with Gasteiger partial charge in [-0.25, -0.2) is 14.3 Å². The first-order valence-electron chi connectivity index (χ1n) is 15.5. The minimum absolute atomic E-state index is 0.00782. The van der Waals surface area contributed by atoms with Crippen LogP contribution in [0.5, 0.6) is 11.5 Å². The standard InChI is InChI=1S/C34H24BrCl3F4N4O6/c1-44(27-21(36)9-10-23(43-27)34(40,41)42)46-28(48)18-8-7-17-20(24(18)29(46)49)13-32(37)30(50)45(16-5-3-15(39)4-6-16)31(51)33(32,38)25(17)19-11-14(35)12-22(52-2)26(19)47/h3-7,9-12,18,20,24-25,47H,8,13H2,1-2H3. The van der Waals surface area contributed by atoms with Crippen LogP contribution in [-0.2, 0) is 25.4 Å². The summed E-state index contributed by atoms with van der Waals surface area (Å²) in [5.41, 5.74) is -1.03. The SMILES string of the molecule is COc1cc(Br)cc(C2C3=CCC4C(=O)N(N(C)c5nc(C(F)(F)F)ccc5Cl)C(=O)C4C3CC3(Cl)C(=O)N(c4ccc(F)cc4)C(=O)C23Cl)c1O. The van der Waals surface area contributed by atoms with Gasteiger partial charge in [-0.2, -0.15) is 18.2 Å². The van der Waals surface area contributed by atoms with Gasteiger partial charge in [0.15, 0.2) is 27.1 Å². The van der Waals surface area contributed by atoms with E-state index in [1.807, 2.05) is 0 Å². The fraction of sp³-hybridized carbons (Fsp3) is 0.324. The van der Waals surface area contributed by atoms with Crippen LogP contribution in [0.15, 0.2) is 64.7 Å². The van der Waals surface area contributed by atoms with Crippen molar-refractivity contribution in [2.75, 3.05) is 24.1 Å². The predicted octanol–water partition coefficient (Wildman–Crippen LogP) is 6.98. The Bertz CT molecular complexity index is 2120. The molecule has 10 nitrogen and oxygen atoms in total. The summed E-state index contributed by atoms with van der Waals surface area (Å²) in [5.74, 6) is -10.0. The molecule has 1 aromatic heterocycles. The summed E-state index contributed by atoms with van der Waals surface area (Å²) in [6, 6.07) is 8.97. The molecule has 52 heavy (non-hydrogen) atoms. The van der Waals surface area contributed by atoms with Crippen molar-refractivity contribution in [3.05, 3.63) is 86.8 Å². The van der Waals surface area contributed by atoms with Crippen molar-refractivity contribution in [1.82, 2.24) is 9.99 Å². The molecule has 3 aromatic rings. The molecule has 6 unspecified atom stereocenters. The lowest BCUT2D eigenvalue weighted by atomic mass is 9.56. The normalized spacial score (nSPS) is 28.5. The fourth-order valence-electron chi connectivity index (χ4n) is 7.90. The van der Waals surface area contributed by atoms with Gasteiger partial charge in [0, 0.05) is 23.0 Å². The summed E-state index contributed by atoms with van der Waals surface area (Å²) in [7, 11) is 2.46. The van der Waals surface area contributed by atoms with E-state index < -0.39 is 92.7 Å². The molecule has 1 saturated carbocycles. The zero-order chi connectivity index (χ0) is 37.8. The van der Waals surface area contributed by atoms with Gasteiger partial charge < -0.3 is 9.84 Å². The van der Waals surface area contributed by atoms with Gasteiger partial charge in [0.05, 0.1) is 29.7 Å². The Balaban J connectivity index is 1.38. The third-order valence-electron chi connectivity index (χ3n) is 10.2. The molecule has 0 spiro atoms. The third kappa shape index (κ3) is 5.06. The number of phenolic OH excluding ortho intramolecular Hbond substituents is 1. The van der Waals surface area contributed by atoms with Gasteiger partial charge in [0.2, 0.25) is 0 Å². The Labute approximate surface area is 315 Å².